The van der Waals surface area contributed by atoms with E-state index < -0.39 is 0 Å². The number of benzene rings is 2. The van der Waals surface area contributed by atoms with E-state index in [2.05, 4.69) is 83.2 Å². The van der Waals surface area contributed by atoms with E-state index in [0.717, 1.165) is 25.0 Å². The molecule has 1 aliphatic rings. The maximum absolute atomic E-state index is 4.22. The van der Waals surface area contributed by atoms with Gasteiger partial charge in [-0.1, -0.05) is 23.8 Å². The van der Waals surface area contributed by atoms with Gasteiger partial charge in [0.05, 0.1) is 17.2 Å². The molecule has 0 fully saturated rings. The number of aryl methyl sites for hydroxylation is 1. The number of likely N-dealkylation sites (N-methyl/N-ethyl adjacent to an activating group) is 1. The number of aromatic amines is 1. The fourth-order valence-corrected chi connectivity index (χ4v) is 4.36. The van der Waals surface area contributed by atoms with Gasteiger partial charge in [-0.2, -0.15) is 5.10 Å². The second-order valence-electron chi connectivity index (χ2n) is 7.75. The smallest absolute Gasteiger partial charge is 0.0656 e. The lowest BCUT2D eigenvalue weighted by Gasteiger charge is -2.23. The van der Waals surface area contributed by atoms with Gasteiger partial charge in [-0.05, 0) is 55.8 Å². The summed E-state index contributed by atoms with van der Waals surface area (Å²) in [5.41, 5.74) is 9.12. The van der Waals surface area contributed by atoms with Crippen molar-refractivity contribution in [1.82, 2.24) is 19.7 Å². The first-order valence-electron chi connectivity index (χ1n) is 9.53. The van der Waals surface area contributed by atoms with Crippen molar-refractivity contribution in [2.24, 2.45) is 0 Å². The third kappa shape index (κ3) is 2.60. The predicted molar refractivity (Wildman–Crippen MR) is 113 cm³/mol. The number of fused-ring (bicyclic) bond motifs is 4. The Balaban J connectivity index is 1.73. The van der Waals surface area contributed by atoms with E-state index in [1.165, 1.54) is 44.2 Å². The quantitative estimate of drug-likeness (QED) is 0.558. The van der Waals surface area contributed by atoms with Crippen LogP contribution in [0.1, 0.15) is 29.3 Å². The van der Waals surface area contributed by atoms with E-state index in [1.54, 1.807) is 0 Å². The first kappa shape index (κ1) is 16.3. The van der Waals surface area contributed by atoms with Crippen molar-refractivity contribution in [2.45, 2.75) is 26.8 Å². The molecule has 0 spiro atoms. The van der Waals surface area contributed by atoms with E-state index in [0.29, 0.717) is 0 Å². The number of aromatic nitrogens is 3. The van der Waals surface area contributed by atoms with Crippen LogP contribution in [-0.4, -0.2) is 33.3 Å². The summed E-state index contributed by atoms with van der Waals surface area (Å²) < 4.78 is 2.42. The molecule has 2 aromatic heterocycles. The maximum Gasteiger partial charge on any atom is 0.0656 e. The minimum absolute atomic E-state index is 1.02. The van der Waals surface area contributed by atoms with Crippen LogP contribution >= 0.6 is 0 Å². The topological polar surface area (TPSA) is 36.9 Å². The van der Waals surface area contributed by atoms with E-state index in [1.807, 2.05) is 6.20 Å². The number of nitrogens with one attached hydrogen (secondary N) is 1. The molecule has 1 N–H and O–H groups in total. The number of hydrogen-bond donors (Lipinski definition) is 1. The standard InChI is InChI=1S/C23H24N4/c1-15-7-8-22-18(11-15)20-14-26(3)10-9-23(20)27(22)13-16(2)17-5-4-6-21-19(17)12-24-25-21/h4-8,11-13H,9-10,14H2,1-3H3,(H,24,25)/b16-13-. The third-order valence-electron chi connectivity index (χ3n) is 5.77. The lowest BCUT2D eigenvalue weighted by Crippen LogP contribution is -2.26. The van der Waals surface area contributed by atoms with E-state index in [-0.39, 0.29) is 0 Å². The fraction of sp³-hybridized carbons (Fsp3) is 0.261. The van der Waals surface area contributed by atoms with Gasteiger partial charge in [-0.15, -0.1) is 0 Å². The zero-order valence-electron chi connectivity index (χ0n) is 16.1. The summed E-state index contributed by atoms with van der Waals surface area (Å²) in [4.78, 5) is 2.41. The molecule has 136 valence electrons. The van der Waals surface area contributed by atoms with Crippen molar-refractivity contribution >= 4 is 33.6 Å². The van der Waals surface area contributed by atoms with Crippen LogP contribution in [0.15, 0.2) is 42.6 Å². The second kappa shape index (κ2) is 6.10. The predicted octanol–water partition coefficient (Wildman–Crippen LogP) is 4.83. The molecule has 4 heteroatoms. The highest BCUT2D eigenvalue weighted by atomic mass is 15.1. The minimum atomic E-state index is 1.02. The SMILES string of the molecule is C/C(=C/n1c2c(c3cc(C)ccc31)CN(C)CC2)c1cccc2[nH]ncc12. The maximum atomic E-state index is 4.22. The van der Waals surface area contributed by atoms with Crippen molar-refractivity contribution in [2.75, 3.05) is 13.6 Å². The van der Waals surface area contributed by atoms with Crippen LogP contribution in [-0.2, 0) is 13.0 Å². The highest BCUT2D eigenvalue weighted by molar-refractivity contribution is 5.96. The molecule has 27 heavy (non-hydrogen) atoms. The van der Waals surface area contributed by atoms with Crippen LogP contribution < -0.4 is 0 Å². The van der Waals surface area contributed by atoms with Gasteiger partial charge in [-0.3, -0.25) is 5.10 Å². The molecule has 0 radical (unpaired) electrons. The van der Waals surface area contributed by atoms with E-state index >= 15 is 0 Å². The van der Waals surface area contributed by atoms with Crippen LogP contribution in [0.25, 0.3) is 33.6 Å². The van der Waals surface area contributed by atoms with Crippen molar-refractivity contribution in [3.8, 4) is 0 Å². The molecule has 4 aromatic rings. The molecule has 2 aromatic carbocycles. The van der Waals surface area contributed by atoms with Crippen molar-refractivity contribution in [3.05, 3.63) is 65.0 Å². The van der Waals surface area contributed by atoms with Crippen molar-refractivity contribution < 1.29 is 0 Å². The van der Waals surface area contributed by atoms with Gasteiger partial charge in [-0.25, -0.2) is 0 Å². The van der Waals surface area contributed by atoms with Crippen LogP contribution in [0.2, 0.25) is 0 Å². The third-order valence-corrected chi connectivity index (χ3v) is 5.77. The normalized spacial score (nSPS) is 15.6. The average molecular weight is 356 g/mol. The lowest BCUT2D eigenvalue weighted by molar-refractivity contribution is 0.312. The second-order valence-corrected chi connectivity index (χ2v) is 7.75. The molecule has 0 bridgehead atoms. The molecular weight excluding hydrogens is 332 g/mol. The summed E-state index contributed by atoms with van der Waals surface area (Å²) in [7, 11) is 2.21. The first-order valence-corrected chi connectivity index (χ1v) is 9.53. The Morgan fingerprint density at radius 3 is 2.96 bits per heavy atom. The first-order chi connectivity index (χ1) is 13.1. The molecule has 1 aliphatic heterocycles. The molecular formula is C23H24N4. The zero-order chi connectivity index (χ0) is 18.5. The van der Waals surface area contributed by atoms with Gasteiger partial charge in [0.2, 0.25) is 0 Å². The van der Waals surface area contributed by atoms with Gasteiger partial charge in [0, 0.05) is 42.2 Å². The highest BCUT2D eigenvalue weighted by Crippen LogP contribution is 2.33. The lowest BCUT2D eigenvalue weighted by atomic mass is 10.0. The number of rotatable bonds is 2. The summed E-state index contributed by atoms with van der Waals surface area (Å²) in [6.45, 7) is 6.50. The molecule has 0 atom stereocenters. The van der Waals surface area contributed by atoms with Gasteiger partial charge in [0.1, 0.15) is 0 Å². The van der Waals surface area contributed by atoms with E-state index in [4.69, 9.17) is 0 Å². The van der Waals surface area contributed by atoms with Crippen molar-refractivity contribution in [3.63, 3.8) is 0 Å². The summed E-state index contributed by atoms with van der Waals surface area (Å²) in [5.74, 6) is 0. The number of hydrogen-bond acceptors (Lipinski definition) is 2. The van der Waals surface area contributed by atoms with Crippen LogP contribution in [0.3, 0.4) is 0 Å². The molecule has 0 saturated heterocycles. The molecule has 0 amide bonds. The summed E-state index contributed by atoms with van der Waals surface area (Å²) >= 11 is 0. The monoisotopic (exact) mass is 356 g/mol. The largest absolute Gasteiger partial charge is 0.320 e. The van der Waals surface area contributed by atoms with Crippen LogP contribution in [0.4, 0.5) is 0 Å². The van der Waals surface area contributed by atoms with E-state index in [9.17, 15) is 0 Å². The molecule has 0 saturated carbocycles. The Morgan fingerprint density at radius 2 is 2.07 bits per heavy atom. The summed E-state index contributed by atoms with van der Waals surface area (Å²) in [6.07, 6.45) is 5.31. The minimum Gasteiger partial charge on any atom is -0.320 e. The molecule has 0 aliphatic carbocycles. The zero-order valence-corrected chi connectivity index (χ0v) is 16.1. The Hall–Kier alpha value is -2.85. The molecule has 0 unspecified atom stereocenters. The Labute approximate surface area is 159 Å². The van der Waals surface area contributed by atoms with Crippen LogP contribution in [0, 0.1) is 6.92 Å². The summed E-state index contributed by atoms with van der Waals surface area (Å²) in [6, 6.07) is 13.2. The van der Waals surface area contributed by atoms with Gasteiger partial charge in [0.15, 0.2) is 0 Å². The highest BCUT2D eigenvalue weighted by Gasteiger charge is 2.22. The molecule has 3 heterocycles. The average Bonchev–Trinajstić information content (AvgIpc) is 3.25. The Kier molecular flexibility index (Phi) is 3.69. The van der Waals surface area contributed by atoms with Gasteiger partial charge >= 0.3 is 0 Å². The number of nitrogens with zero attached hydrogens (tertiary/aromatic N) is 3. The van der Waals surface area contributed by atoms with Crippen molar-refractivity contribution in [1.29, 1.82) is 0 Å². The van der Waals surface area contributed by atoms with Gasteiger partial charge < -0.3 is 9.47 Å². The molecule has 5 rings (SSSR count). The Morgan fingerprint density at radius 1 is 1.19 bits per heavy atom. The summed E-state index contributed by atoms with van der Waals surface area (Å²) in [5, 5.41) is 9.85. The molecule has 4 nitrogen and oxygen atoms in total. The van der Waals surface area contributed by atoms with Crippen LogP contribution in [0.5, 0.6) is 0 Å². The Bertz CT molecular complexity index is 1190. The fourth-order valence-electron chi connectivity index (χ4n) is 4.36. The number of allylic oxidation sites excluding steroid dienone is 1. The van der Waals surface area contributed by atoms with Gasteiger partial charge in [0.25, 0.3) is 0 Å². The number of H-pyrrole nitrogens is 1.